The second kappa shape index (κ2) is 9.44. The molecule has 0 aliphatic heterocycles. The molecule has 0 bridgehead atoms. The number of likely N-dealkylation sites (N-methyl/N-ethyl adjacent to an activating group) is 1. The Hall–Kier alpha value is -2.05. The highest BCUT2D eigenvalue weighted by Crippen LogP contribution is 2.24. The largest absolute Gasteiger partial charge is 0.398 e. The normalized spacial score (nSPS) is 11.0. The molecule has 0 aliphatic carbocycles. The third kappa shape index (κ3) is 5.21. The Labute approximate surface area is 153 Å². The van der Waals surface area contributed by atoms with E-state index in [0.29, 0.717) is 29.5 Å². The van der Waals surface area contributed by atoms with Gasteiger partial charge < -0.3 is 15.5 Å². The van der Waals surface area contributed by atoms with Crippen LogP contribution in [0.1, 0.15) is 36.3 Å². The van der Waals surface area contributed by atoms with Crippen LogP contribution in [0.15, 0.2) is 30.5 Å². The number of carbonyl (C=O) groups excluding carboxylic acids is 1. The summed E-state index contributed by atoms with van der Waals surface area (Å²) < 4.78 is 0. The van der Waals surface area contributed by atoms with E-state index >= 15 is 0 Å². The topological polar surface area (TPSA) is 78.2 Å². The van der Waals surface area contributed by atoms with Crippen molar-refractivity contribution in [1.29, 1.82) is 0 Å². The Morgan fingerprint density at radius 3 is 2.64 bits per heavy atom. The van der Waals surface area contributed by atoms with E-state index in [1.165, 1.54) is 0 Å². The van der Waals surface area contributed by atoms with Crippen LogP contribution < -0.4 is 5.73 Å². The van der Waals surface area contributed by atoms with Crippen molar-refractivity contribution in [3.05, 3.63) is 46.7 Å². The molecule has 0 atom stereocenters. The lowest BCUT2D eigenvalue weighted by Gasteiger charge is -2.27. The zero-order valence-electron chi connectivity index (χ0n) is 14.8. The average molecular weight is 364 g/mol. The van der Waals surface area contributed by atoms with E-state index in [1.54, 1.807) is 29.3 Å². The summed E-state index contributed by atoms with van der Waals surface area (Å²) in [5.41, 5.74) is 7.89. The lowest BCUT2D eigenvalue weighted by atomic mass is 10.1. The van der Waals surface area contributed by atoms with E-state index < -0.39 is 0 Å². The number of amides is 1. The molecule has 2 aromatic rings. The lowest BCUT2D eigenvalue weighted by molar-refractivity contribution is 0.0717. The number of carbonyl (C=O) groups is 1. The van der Waals surface area contributed by atoms with Gasteiger partial charge in [-0.3, -0.25) is 9.89 Å². The van der Waals surface area contributed by atoms with Crippen molar-refractivity contribution >= 4 is 23.2 Å². The second-order valence-corrected chi connectivity index (χ2v) is 6.35. The Balaban J connectivity index is 2.18. The second-order valence-electron chi connectivity index (χ2n) is 5.94. The molecule has 136 valence electrons. The number of nitrogens with two attached hydrogens (primary N) is 1. The maximum Gasteiger partial charge on any atom is 0.272 e. The van der Waals surface area contributed by atoms with Crippen molar-refractivity contribution in [3.8, 4) is 0 Å². The number of aromatic nitrogens is 2. The molecular weight excluding hydrogens is 338 g/mol. The highest BCUT2D eigenvalue weighted by molar-refractivity contribution is 6.31. The summed E-state index contributed by atoms with van der Waals surface area (Å²) in [7, 11) is 0. The minimum Gasteiger partial charge on any atom is -0.398 e. The van der Waals surface area contributed by atoms with Crippen LogP contribution in [-0.4, -0.2) is 52.1 Å². The van der Waals surface area contributed by atoms with Crippen molar-refractivity contribution in [1.82, 2.24) is 20.0 Å². The number of halogens is 1. The number of nitrogens with one attached hydrogen (secondary N) is 1. The van der Waals surface area contributed by atoms with Crippen molar-refractivity contribution in [2.24, 2.45) is 0 Å². The Morgan fingerprint density at radius 2 is 2.04 bits per heavy atom. The van der Waals surface area contributed by atoms with Crippen LogP contribution in [0.25, 0.3) is 0 Å². The van der Waals surface area contributed by atoms with Crippen molar-refractivity contribution in [2.45, 2.75) is 26.8 Å². The van der Waals surface area contributed by atoms with Gasteiger partial charge in [0.1, 0.15) is 5.69 Å². The maximum absolute atomic E-state index is 12.8. The Bertz CT molecular complexity index is 654. The number of hydrogen-bond donors (Lipinski definition) is 2. The van der Waals surface area contributed by atoms with Gasteiger partial charge in [0.15, 0.2) is 0 Å². The molecule has 1 aromatic heterocycles. The van der Waals surface area contributed by atoms with Crippen LogP contribution >= 0.6 is 11.6 Å². The smallest absolute Gasteiger partial charge is 0.272 e. The summed E-state index contributed by atoms with van der Waals surface area (Å²) in [6, 6.07) is 7.08. The first-order valence-electron chi connectivity index (χ1n) is 8.60. The van der Waals surface area contributed by atoms with Crippen molar-refractivity contribution in [3.63, 3.8) is 0 Å². The molecule has 1 amide bonds. The Kier molecular flexibility index (Phi) is 7.28. The fraction of sp³-hybridized carbons (Fsp3) is 0.444. The van der Waals surface area contributed by atoms with Crippen LogP contribution in [0.5, 0.6) is 0 Å². The maximum atomic E-state index is 12.8. The van der Waals surface area contributed by atoms with Crippen molar-refractivity contribution < 1.29 is 4.79 Å². The van der Waals surface area contributed by atoms with Gasteiger partial charge in [0, 0.05) is 42.1 Å². The third-order valence-corrected chi connectivity index (χ3v) is 4.55. The van der Waals surface area contributed by atoms with E-state index in [1.807, 2.05) is 6.07 Å². The van der Waals surface area contributed by atoms with Gasteiger partial charge in [-0.1, -0.05) is 31.5 Å². The highest BCUT2D eigenvalue weighted by Gasteiger charge is 2.20. The zero-order chi connectivity index (χ0) is 18.2. The number of rotatable bonds is 9. The first-order valence-corrected chi connectivity index (χ1v) is 8.98. The number of nitrogens with zero attached hydrogens (tertiary/aromatic N) is 3. The standard InChI is InChI=1S/C18H26ClN5O/c1-3-10-23(4-2)11-12-24(18(25)17-8-9-21-22-17)13-14-15(19)6-5-7-16(14)20/h5-9H,3-4,10-13,20H2,1-2H3,(H,21,22). The molecule has 3 N–H and O–H groups in total. The summed E-state index contributed by atoms with van der Waals surface area (Å²) in [5.74, 6) is -0.107. The summed E-state index contributed by atoms with van der Waals surface area (Å²) in [5, 5.41) is 7.19. The van der Waals surface area contributed by atoms with Gasteiger partial charge in [0.2, 0.25) is 0 Å². The van der Waals surface area contributed by atoms with E-state index in [0.717, 1.165) is 31.6 Å². The highest BCUT2D eigenvalue weighted by atomic mass is 35.5. The van der Waals surface area contributed by atoms with Crippen LogP contribution in [0.2, 0.25) is 5.02 Å². The third-order valence-electron chi connectivity index (χ3n) is 4.20. The molecule has 0 saturated heterocycles. The summed E-state index contributed by atoms with van der Waals surface area (Å²) in [4.78, 5) is 16.9. The molecule has 0 unspecified atom stereocenters. The molecular formula is C18H26ClN5O. The molecule has 2 rings (SSSR count). The summed E-state index contributed by atoms with van der Waals surface area (Å²) in [6.45, 7) is 8.01. The molecule has 0 saturated carbocycles. The predicted molar refractivity (Wildman–Crippen MR) is 102 cm³/mol. The molecule has 0 spiro atoms. The minimum absolute atomic E-state index is 0.107. The SMILES string of the molecule is CCCN(CC)CCN(Cc1c(N)cccc1Cl)C(=O)c1ccn[nH]1. The molecule has 0 fully saturated rings. The molecule has 7 heteroatoms. The van der Waals surface area contributed by atoms with Crippen LogP contribution in [0, 0.1) is 0 Å². The number of nitrogen functional groups attached to an aromatic ring is 1. The number of hydrogen-bond acceptors (Lipinski definition) is 4. The molecule has 1 heterocycles. The van der Waals surface area contributed by atoms with Gasteiger partial charge in [-0.2, -0.15) is 5.10 Å². The zero-order valence-corrected chi connectivity index (χ0v) is 15.6. The van der Waals surface area contributed by atoms with Gasteiger partial charge in [-0.05, 0) is 37.7 Å². The van der Waals surface area contributed by atoms with Gasteiger partial charge in [-0.25, -0.2) is 0 Å². The van der Waals surface area contributed by atoms with Gasteiger partial charge in [0.05, 0.1) is 0 Å². The average Bonchev–Trinajstić information content (AvgIpc) is 3.13. The Morgan fingerprint density at radius 1 is 1.24 bits per heavy atom. The van der Waals surface area contributed by atoms with Crippen LogP contribution in [0.4, 0.5) is 5.69 Å². The predicted octanol–water partition coefficient (Wildman–Crippen LogP) is 3.02. The number of H-pyrrole nitrogens is 1. The van der Waals surface area contributed by atoms with E-state index in [4.69, 9.17) is 17.3 Å². The number of anilines is 1. The summed E-state index contributed by atoms with van der Waals surface area (Å²) in [6.07, 6.45) is 2.66. The summed E-state index contributed by atoms with van der Waals surface area (Å²) >= 11 is 6.29. The van der Waals surface area contributed by atoms with E-state index in [9.17, 15) is 4.79 Å². The molecule has 1 aromatic carbocycles. The minimum atomic E-state index is -0.107. The van der Waals surface area contributed by atoms with Gasteiger partial charge >= 0.3 is 0 Å². The van der Waals surface area contributed by atoms with E-state index in [2.05, 4.69) is 28.9 Å². The van der Waals surface area contributed by atoms with E-state index in [-0.39, 0.29) is 5.91 Å². The van der Waals surface area contributed by atoms with Crippen LogP contribution in [0.3, 0.4) is 0 Å². The quantitative estimate of drug-likeness (QED) is 0.671. The molecule has 0 aliphatic rings. The monoisotopic (exact) mass is 363 g/mol. The van der Waals surface area contributed by atoms with Crippen molar-refractivity contribution in [2.75, 3.05) is 31.9 Å². The molecule has 0 radical (unpaired) electrons. The first kappa shape index (κ1) is 19.3. The molecule has 25 heavy (non-hydrogen) atoms. The first-order chi connectivity index (χ1) is 12.1. The van der Waals surface area contributed by atoms with Crippen LogP contribution in [-0.2, 0) is 6.54 Å². The van der Waals surface area contributed by atoms with Gasteiger partial charge in [0.25, 0.3) is 5.91 Å². The lowest BCUT2D eigenvalue weighted by Crippen LogP contribution is -2.39. The number of aromatic amines is 1. The molecule has 6 nitrogen and oxygen atoms in total. The van der Waals surface area contributed by atoms with Gasteiger partial charge in [-0.15, -0.1) is 0 Å². The fourth-order valence-corrected chi connectivity index (χ4v) is 2.98. The fourth-order valence-electron chi connectivity index (χ4n) is 2.74. The number of benzene rings is 1.